The van der Waals surface area contributed by atoms with Crippen molar-refractivity contribution >= 4 is 5.96 Å². The summed E-state index contributed by atoms with van der Waals surface area (Å²) in [6, 6.07) is 3.30. The van der Waals surface area contributed by atoms with E-state index in [0.29, 0.717) is 18.4 Å². The Kier molecular flexibility index (Phi) is 6.69. The van der Waals surface area contributed by atoms with Crippen molar-refractivity contribution in [3.8, 4) is 5.88 Å². The van der Waals surface area contributed by atoms with Gasteiger partial charge in [-0.15, -0.1) is 0 Å². The van der Waals surface area contributed by atoms with Crippen molar-refractivity contribution in [3.63, 3.8) is 0 Å². The molecule has 5 nitrogen and oxygen atoms in total. The zero-order valence-electron chi connectivity index (χ0n) is 11.6. The predicted octanol–water partition coefficient (Wildman–Crippen LogP) is 1.79. The Bertz CT molecular complexity index is 438. The fourth-order valence-electron chi connectivity index (χ4n) is 1.32. The molecule has 0 radical (unpaired) electrons. The molecule has 0 saturated carbocycles. The van der Waals surface area contributed by atoms with Crippen molar-refractivity contribution in [3.05, 3.63) is 23.9 Å². The Morgan fingerprint density at radius 3 is 2.90 bits per heavy atom. The van der Waals surface area contributed by atoms with Gasteiger partial charge >= 0.3 is 0 Å². The van der Waals surface area contributed by atoms with Crippen molar-refractivity contribution in [1.29, 1.82) is 0 Å². The summed E-state index contributed by atoms with van der Waals surface area (Å²) in [5, 5.41) is 2.99. The third kappa shape index (κ3) is 6.86. The van der Waals surface area contributed by atoms with E-state index < -0.39 is 13.0 Å². The first-order chi connectivity index (χ1) is 9.47. The summed E-state index contributed by atoms with van der Waals surface area (Å²) in [6.07, 6.45) is -1.03. The van der Waals surface area contributed by atoms with Crippen LogP contribution in [0.3, 0.4) is 0 Å². The summed E-state index contributed by atoms with van der Waals surface area (Å²) >= 11 is 0. The maximum absolute atomic E-state index is 12.0. The molecule has 0 aliphatic rings. The number of aliphatic imine (C=N–C) groups is 1. The Labute approximate surface area is 117 Å². The largest absolute Gasteiger partial charge is 0.472 e. The number of alkyl halides is 2. The Hall–Kier alpha value is -1.92. The first-order valence-electron chi connectivity index (χ1n) is 6.37. The molecular formula is C13H20F2N4O. The molecule has 1 heterocycles. The molecule has 112 valence electrons. The van der Waals surface area contributed by atoms with Gasteiger partial charge in [-0.05, 0) is 17.5 Å². The van der Waals surface area contributed by atoms with Crippen LogP contribution in [0.15, 0.2) is 23.3 Å². The average molecular weight is 286 g/mol. The van der Waals surface area contributed by atoms with Crippen LogP contribution < -0.4 is 15.8 Å². The number of nitrogens with two attached hydrogens (primary N) is 1. The molecule has 0 atom stereocenters. The summed E-state index contributed by atoms with van der Waals surface area (Å²) in [5.41, 5.74) is 6.49. The quantitative estimate of drug-likeness (QED) is 0.592. The number of aromatic nitrogens is 1. The van der Waals surface area contributed by atoms with E-state index in [1.807, 2.05) is 0 Å². The highest BCUT2D eigenvalue weighted by atomic mass is 19.3. The van der Waals surface area contributed by atoms with E-state index in [0.717, 1.165) is 12.1 Å². The number of hydrogen-bond donors (Lipinski definition) is 2. The first-order valence-corrected chi connectivity index (χ1v) is 6.37. The second-order valence-electron chi connectivity index (χ2n) is 4.68. The maximum Gasteiger partial charge on any atom is 0.272 e. The average Bonchev–Trinajstić information content (AvgIpc) is 2.41. The molecule has 20 heavy (non-hydrogen) atoms. The zero-order chi connectivity index (χ0) is 15.0. The summed E-state index contributed by atoms with van der Waals surface area (Å²) in [7, 11) is 0. The van der Waals surface area contributed by atoms with Crippen LogP contribution in [0.5, 0.6) is 5.88 Å². The molecule has 0 aliphatic heterocycles. The standard InChI is InChI=1S/C13H20F2N4O/c1-9(2)6-18-13(16)19-7-10-3-4-17-12(5-10)20-8-11(14)15/h3-5,9,11H,6-8H2,1-2H3,(H3,16,18,19). The predicted molar refractivity (Wildman–Crippen MR) is 73.9 cm³/mol. The highest BCUT2D eigenvalue weighted by molar-refractivity contribution is 5.77. The third-order valence-corrected chi connectivity index (χ3v) is 2.28. The number of halogens is 2. The topological polar surface area (TPSA) is 72.5 Å². The monoisotopic (exact) mass is 286 g/mol. The van der Waals surface area contributed by atoms with E-state index in [1.54, 1.807) is 12.1 Å². The van der Waals surface area contributed by atoms with Gasteiger partial charge in [-0.2, -0.15) is 0 Å². The van der Waals surface area contributed by atoms with Crippen LogP contribution >= 0.6 is 0 Å². The summed E-state index contributed by atoms with van der Waals surface area (Å²) in [6.45, 7) is 4.54. The van der Waals surface area contributed by atoms with Gasteiger partial charge < -0.3 is 15.8 Å². The molecule has 0 unspecified atom stereocenters. The van der Waals surface area contributed by atoms with Crippen LogP contribution in [0.4, 0.5) is 8.78 Å². The number of pyridine rings is 1. The number of rotatable bonds is 7. The number of hydrogen-bond acceptors (Lipinski definition) is 3. The van der Waals surface area contributed by atoms with E-state index in [1.165, 1.54) is 6.20 Å². The van der Waals surface area contributed by atoms with Gasteiger partial charge in [0.25, 0.3) is 6.43 Å². The van der Waals surface area contributed by atoms with E-state index in [9.17, 15) is 8.78 Å². The molecule has 0 amide bonds. The van der Waals surface area contributed by atoms with Crippen LogP contribution in [0, 0.1) is 5.92 Å². The van der Waals surface area contributed by atoms with Gasteiger partial charge in [0, 0.05) is 18.8 Å². The van der Waals surface area contributed by atoms with Gasteiger partial charge in [-0.1, -0.05) is 13.8 Å². The number of guanidine groups is 1. The van der Waals surface area contributed by atoms with Gasteiger partial charge in [0.2, 0.25) is 5.88 Å². The van der Waals surface area contributed by atoms with Gasteiger partial charge in [0.05, 0.1) is 6.54 Å². The second-order valence-corrected chi connectivity index (χ2v) is 4.68. The first kappa shape index (κ1) is 16.1. The third-order valence-electron chi connectivity index (χ3n) is 2.28. The molecule has 1 aromatic rings. The van der Waals surface area contributed by atoms with Crippen LogP contribution in [0.1, 0.15) is 19.4 Å². The van der Waals surface area contributed by atoms with E-state index >= 15 is 0 Å². The van der Waals surface area contributed by atoms with Crippen LogP contribution in [0.2, 0.25) is 0 Å². The SMILES string of the molecule is CC(C)CNC(N)=NCc1ccnc(OCC(F)F)c1. The van der Waals surface area contributed by atoms with E-state index in [-0.39, 0.29) is 5.88 Å². The molecule has 0 fully saturated rings. The molecule has 0 spiro atoms. The highest BCUT2D eigenvalue weighted by Crippen LogP contribution is 2.11. The minimum absolute atomic E-state index is 0.159. The summed E-state index contributed by atoms with van der Waals surface area (Å²) in [5.74, 6) is 0.983. The van der Waals surface area contributed by atoms with Crippen molar-refractivity contribution in [1.82, 2.24) is 10.3 Å². The number of nitrogens with one attached hydrogen (secondary N) is 1. The lowest BCUT2D eigenvalue weighted by Gasteiger charge is -2.08. The molecule has 0 aliphatic carbocycles. The zero-order valence-corrected chi connectivity index (χ0v) is 11.6. The summed E-state index contributed by atoms with van der Waals surface area (Å²) < 4.78 is 28.9. The van der Waals surface area contributed by atoms with Gasteiger partial charge in [0.15, 0.2) is 12.6 Å². The smallest absolute Gasteiger partial charge is 0.272 e. The lowest BCUT2D eigenvalue weighted by Crippen LogP contribution is -2.34. The second kappa shape index (κ2) is 8.29. The molecular weight excluding hydrogens is 266 g/mol. The number of ether oxygens (including phenoxy) is 1. The van der Waals surface area contributed by atoms with E-state index in [2.05, 4.69) is 29.1 Å². The van der Waals surface area contributed by atoms with Crippen LogP contribution in [-0.2, 0) is 6.54 Å². The molecule has 1 aromatic heterocycles. The molecule has 3 N–H and O–H groups in total. The van der Waals surface area contributed by atoms with Crippen molar-refractivity contribution in [2.24, 2.45) is 16.6 Å². The molecule has 0 bridgehead atoms. The number of nitrogens with zero attached hydrogens (tertiary/aromatic N) is 2. The maximum atomic E-state index is 12.0. The fraction of sp³-hybridized carbons (Fsp3) is 0.538. The Balaban J connectivity index is 2.51. The van der Waals surface area contributed by atoms with Crippen LogP contribution in [0.25, 0.3) is 0 Å². The minimum atomic E-state index is -2.52. The van der Waals surface area contributed by atoms with Gasteiger partial charge in [-0.25, -0.2) is 18.8 Å². The summed E-state index contributed by atoms with van der Waals surface area (Å²) in [4.78, 5) is 8.00. The molecule has 7 heteroatoms. The Morgan fingerprint density at radius 2 is 2.25 bits per heavy atom. The van der Waals surface area contributed by atoms with Crippen LogP contribution in [-0.4, -0.2) is 30.5 Å². The van der Waals surface area contributed by atoms with Gasteiger partial charge in [0.1, 0.15) is 0 Å². The Morgan fingerprint density at radius 1 is 1.50 bits per heavy atom. The normalized spacial score (nSPS) is 12.0. The molecule has 0 saturated heterocycles. The fourth-order valence-corrected chi connectivity index (χ4v) is 1.32. The van der Waals surface area contributed by atoms with E-state index in [4.69, 9.17) is 10.5 Å². The lowest BCUT2D eigenvalue weighted by molar-refractivity contribution is 0.0795. The molecule has 0 aromatic carbocycles. The van der Waals surface area contributed by atoms with Gasteiger partial charge in [-0.3, -0.25) is 0 Å². The van der Waals surface area contributed by atoms with Crippen molar-refractivity contribution in [2.75, 3.05) is 13.2 Å². The lowest BCUT2D eigenvalue weighted by atomic mass is 10.2. The minimum Gasteiger partial charge on any atom is -0.472 e. The molecule has 1 rings (SSSR count). The van der Waals surface area contributed by atoms with Crippen molar-refractivity contribution < 1.29 is 13.5 Å². The highest BCUT2D eigenvalue weighted by Gasteiger charge is 2.05. The van der Waals surface area contributed by atoms with Crippen molar-refractivity contribution in [2.45, 2.75) is 26.8 Å².